The second kappa shape index (κ2) is 27.0. The zero-order chi connectivity index (χ0) is 22.0. The van der Waals surface area contributed by atoms with E-state index >= 15 is 0 Å². The zero-order valence-electron chi connectivity index (χ0n) is 22.0. The molecule has 0 rings (SSSR count). The quantitative estimate of drug-likeness (QED) is 0.122. The third-order valence-electron chi connectivity index (χ3n) is 7.10. The van der Waals surface area contributed by atoms with E-state index in [-0.39, 0.29) is 0 Å². The molecule has 0 aliphatic carbocycles. The van der Waals surface area contributed by atoms with E-state index in [4.69, 9.17) is 0 Å². The molecule has 0 aliphatic rings. The molecule has 0 spiro atoms. The number of unbranched alkanes of at least 4 members (excludes halogenated alkanes) is 22. The minimum atomic E-state index is 0.969. The van der Waals surface area contributed by atoms with Crippen molar-refractivity contribution >= 4 is 0 Å². The average molecular weight is 423 g/mol. The SMILES string of the molecule is CCCCCCCCCCCCCCCCCCC(C)CCCCCCCCCC. The summed E-state index contributed by atoms with van der Waals surface area (Å²) in [6.07, 6.45) is 38.3. The van der Waals surface area contributed by atoms with Crippen LogP contribution in [-0.4, -0.2) is 0 Å². The molecular weight excluding hydrogens is 360 g/mol. The van der Waals surface area contributed by atoms with Crippen LogP contribution >= 0.6 is 0 Å². The van der Waals surface area contributed by atoms with Crippen LogP contribution < -0.4 is 0 Å². The molecule has 1 unspecified atom stereocenters. The Hall–Kier alpha value is 0. The smallest absolute Gasteiger partial charge is 0.0443 e. The van der Waals surface area contributed by atoms with Crippen LogP contribution in [0.1, 0.15) is 188 Å². The number of hydrogen-bond acceptors (Lipinski definition) is 0. The maximum absolute atomic E-state index is 2.49. The van der Waals surface area contributed by atoms with Crippen molar-refractivity contribution < 1.29 is 0 Å². The van der Waals surface area contributed by atoms with Crippen molar-refractivity contribution in [1.29, 1.82) is 0 Å². The number of hydrogen-bond donors (Lipinski definition) is 0. The Morgan fingerprint density at radius 1 is 0.300 bits per heavy atom. The maximum atomic E-state index is 2.49. The Kier molecular flexibility index (Phi) is 27.0. The molecule has 0 aromatic heterocycles. The summed E-state index contributed by atoms with van der Waals surface area (Å²) in [4.78, 5) is 0. The van der Waals surface area contributed by atoms with Gasteiger partial charge in [0.2, 0.25) is 0 Å². The van der Waals surface area contributed by atoms with Crippen LogP contribution in [0.25, 0.3) is 0 Å². The molecule has 0 saturated carbocycles. The first-order valence-corrected chi connectivity index (χ1v) is 14.8. The first-order valence-electron chi connectivity index (χ1n) is 14.8. The average Bonchev–Trinajstić information content (AvgIpc) is 2.75. The van der Waals surface area contributed by atoms with Crippen molar-refractivity contribution in [2.24, 2.45) is 5.92 Å². The summed E-state index contributed by atoms with van der Waals surface area (Å²) in [5, 5.41) is 0. The lowest BCUT2D eigenvalue weighted by Gasteiger charge is -2.11. The molecule has 0 fully saturated rings. The molecule has 0 saturated heterocycles. The van der Waals surface area contributed by atoms with E-state index in [1.165, 1.54) is 167 Å². The molecule has 0 nitrogen and oxygen atoms in total. The van der Waals surface area contributed by atoms with Gasteiger partial charge in [-0.25, -0.2) is 0 Å². The summed E-state index contributed by atoms with van der Waals surface area (Å²) in [6, 6.07) is 0. The topological polar surface area (TPSA) is 0 Å². The van der Waals surface area contributed by atoms with Crippen molar-refractivity contribution in [2.45, 2.75) is 188 Å². The van der Waals surface area contributed by atoms with Crippen LogP contribution in [0.3, 0.4) is 0 Å². The van der Waals surface area contributed by atoms with Crippen LogP contribution in [0.4, 0.5) is 0 Å². The second-order valence-electron chi connectivity index (χ2n) is 10.5. The highest BCUT2D eigenvalue weighted by molar-refractivity contribution is 4.56. The molecule has 1 atom stereocenters. The van der Waals surface area contributed by atoms with E-state index in [0.29, 0.717) is 0 Å². The molecule has 0 aromatic rings. The van der Waals surface area contributed by atoms with Gasteiger partial charge in [0.05, 0.1) is 0 Å². The molecular formula is C30H62. The summed E-state index contributed by atoms with van der Waals surface area (Å²) in [5.41, 5.74) is 0. The molecule has 0 aromatic carbocycles. The van der Waals surface area contributed by atoms with Gasteiger partial charge in [-0.3, -0.25) is 0 Å². The maximum Gasteiger partial charge on any atom is -0.0443 e. The van der Waals surface area contributed by atoms with Gasteiger partial charge in [-0.2, -0.15) is 0 Å². The highest BCUT2D eigenvalue weighted by Gasteiger charge is 2.02. The lowest BCUT2D eigenvalue weighted by Crippen LogP contribution is -1.95. The molecule has 182 valence electrons. The fourth-order valence-corrected chi connectivity index (χ4v) is 4.81. The van der Waals surface area contributed by atoms with Crippen LogP contribution in [0.5, 0.6) is 0 Å². The van der Waals surface area contributed by atoms with Gasteiger partial charge >= 0.3 is 0 Å². The van der Waals surface area contributed by atoms with Gasteiger partial charge in [-0.1, -0.05) is 188 Å². The van der Waals surface area contributed by atoms with Crippen molar-refractivity contribution in [1.82, 2.24) is 0 Å². The van der Waals surface area contributed by atoms with Gasteiger partial charge < -0.3 is 0 Å². The highest BCUT2D eigenvalue weighted by atomic mass is 14.1. The Balaban J connectivity index is 3.11. The first kappa shape index (κ1) is 30.0. The monoisotopic (exact) mass is 422 g/mol. The Labute approximate surface area is 193 Å². The highest BCUT2D eigenvalue weighted by Crippen LogP contribution is 2.19. The molecule has 30 heavy (non-hydrogen) atoms. The van der Waals surface area contributed by atoms with Crippen molar-refractivity contribution in [3.05, 3.63) is 0 Å². The van der Waals surface area contributed by atoms with E-state index < -0.39 is 0 Å². The van der Waals surface area contributed by atoms with Gasteiger partial charge in [0, 0.05) is 0 Å². The second-order valence-corrected chi connectivity index (χ2v) is 10.5. The third-order valence-corrected chi connectivity index (χ3v) is 7.10. The fourth-order valence-electron chi connectivity index (χ4n) is 4.81. The van der Waals surface area contributed by atoms with Crippen molar-refractivity contribution in [2.75, 3.05) is 0 Å². The summed E-state index contributed by atoms with van der Waals surface area (Å²) in [5.74, 6) is 0.969. The van der Waals surface area contributed by atoms with Crippen LogP contribution in [0, 0.1) is 5.92 Å². The van der Waals surface area contributed by atoms with E-state index in [0.717, 1.165) is 5.92 Å². The Morgan fingerprint density at radius 2 is 0.500 bits per heavy atom. The van der Waals surface area contributed by atoms with E-state index in [1.54, 1.807) is 0 Å². The summed E-state index contributed by atoms with van der Waals surface area (Å²) >= 11 is 0. The van der Waals surface area contributed by atoms with E-state index in [1.807, 2.05) is 0 Å². The predicted molar refractivity (Wildman–Crippen MR) is 141 cm³/mol. The molecule has 0 bridgehead atoms. The first-order chi connectivity index (χ1) is 14.8. The number of rotatable bonds is 26. The molecule has 0 heterocycles. The summed E-state index contributed by atoms with van der Waals surface area (Å²) < 4.78 is 0. The van der Waals surface area contributed by atoms with E-state index in [2.05, 4.69) is 20.8 Å². The Bertz CT molecular complexity index is 282. The van der Waals surface area contributed by atoms with Crippen molar-refractivity contribution in [3.8, 4) is 0 Å². The van der Waals surface area contributed by atoms with E-state index in [9.17, 15) is 0 Å². The van der Waals surface area contributed by atoms with Crippen LogP contribution in [0.15, 0.2) is 0 Å². The lowest BCUT2D eigenvalue weighted by atomic mass is 9.95. The standard InChI is InChI=1S/C30H62/c1-4-6-8-10-12-14-15-16-17-18-19-20-21-23-25-27-29-30(3)28-26-24-22-13-11-9-7-5-2/h30H,4-29H2,1-3H3. The molecule has 0 radical (unpaired) electrons. The van der Waals surface area contributed by atoms with Gasteiger partial charge in [0.15, 0.2) is 0 Å². The normalized spacial score (nSPS) is 12.5. The Morgan fingerprint density at radius 3 is 0.733 bits per heavy atom. The van der Waals surface area contributed by atoms with Crippen molar-refractivity contribution in [3.63, 3.8) is 0 Å². The largest absolute Gasteiger partial charge is 0.0654 e. The van der Waals surface area contributed by atoms with Crippen LogP contribution in [0.2, 0.25) is 0 Å². The van der Waals surface area contributed by atoms with Gasteiger partial charge in [0.25, 0.3) is 0 Å². The fraction of sp³-hybridized carbons (Fsp3) is 1.00. The van der Waals surface area contributed by atoms with Gasteiger partial charge in [0.1, 0.15) is 0 Å². The minimum Gasteiger partial charge on any atom is -0.0654 e. The summed E-state index contributed by atoms with van der Waals surface area (Å²) in [6.45, 7) is 7.10. The summed E-state index contributed by atoms with van der Waals surface area (Å²) in [7, 11) is 0. The molecule has 0 N–H and O–H groups in total. The zero-order valence-corrected chi connectivity index (χ0v) is 22.0. The molecule has 0 heteroatoms. The predicted octanol–water partition coefficient (Wildman–Crippen LogP) is 11.8. The lowest BCUT2D eigenvalue weighted by molar-refractivity contribution is 0.430. The minimum absolute atomic E-state index is 0.969. The van der Waals surface area contributed by atoms with Crippen LogP contribution in [-0.2, 0) is 0 Å². The molecule has 0 aliphatic heterocycles. The van der Waals surface area contributed by atoms with Gasteiger partial charge in [-0.15, -0.1) is 0 Å². The molecule has 0 amide bonds. The van der Waals surface area contributed by atoms with Gasteiger partial charge in [-0.05, 0) is 5.92 Å². The third kappa shape index (κ3) is 26.0.